The normalized spacial score (nSPS) is 27.6. The molecule has 2 aliphatic rings. The largest absolute Gasteiger partial charge is 0.360 e. The molecule has 0 aromatic heterocycles. The Bertz CT molecular complexity index is 786. The van der Waals surface area contributed by atoms with Crippen LogP contribution in [-0.2, 0) is 22.7 Å². The third-order valence-corrected chi connectivity index (χ3v) is 5.69. The predicted molar refractivity (Wildman–Crippen MR) is 102 cm³/mol. The van der Waals surface area contributed by atoms with Gasteiger partial charge in [-0.15, -0.1) is 0 Å². The second kappa shape index (κ2) is 7.08. The average molecular weight is 347 g/mol. The topological polar surface area (TPSA) is 29.5 Å². The molecule has 2 aromatic rings. The van der Waals surface area contributed by atoms with E-state index in [9.17, 15) is 4.79 Å². The van der Waals surface area contributed by atoms with Gasteiger partial charge in [-0.3, -0.25) is 4.79 Å². The van der Waals surface area contributed by atoms with E-state index in [4.69, 9.17) is 4.74 Å². The number of amides is 1. The molecule has 3 atom stereocenters. The second-order valence-electron chi connectivity index (χ2n) is 7.50. The van der Waals surface area contributed by atoms with Crippen LogP contribution >= 0.6 is 0 Å². The molecule has 2 aromatic carbocycles. The number of fused-ring (bicyclic) bond motifs is 1. The van der Waals surface area contributed by atoms with Crippen molar-refractivity contribution < 1.29 is 9.53 Å². The molecule has 1 amide bonds. The first-order chi connectivity index (χ1) is 12.7. The molecule has 1 heterocycles. The van der Waals surface area contributed by atoms with Crippen molar-refractivity contribution in [1.82, 2.24) is 4.90 Å². The Labute approximate surface area is 155 Å². The van der Waals surface area contributed by atoms with Gasteiger partial charge in [0, 0.05) is 19.0 Å². The van der Waals surface area contributed by atoms with E-state index in [1.165, 1.54) is 0 Å². The molecule has 0 N–H and O–H groups in total. The van der Waals surface area contributed by atoms with Gasteiger partial charge in [-0.2, -0.15) is 0 Å². The van der Waals surface area contributed by atoms with Gasteiger partial charge in [0.15, 0.2) is 5.60 Å². The SMILES string of the molecule is C[C@@]1(OCc2ccccc2)C(=O)N(Cc2ccccc2)C[C@H]2CC=C[C@H]21. The highest BCUT2D eigenvalue weighted by molar-refractivity contribution is 5.86. The van der Waals surface area contributed by atoms with Crippen LogP contribution in [-0.4, -0.2) is 23.0 Å². The van der Waals surface area contributed by atoms with E-state index >= 15 is 0 Å². The van der Waals surface area contributed by atoms with Gasteiger partial charge in [0.25, 0.3) is 5.91 Å². The lowest BCUT2D eigenvalue weighted by molar-refractivity contribution is -0.177. The van der Waals surface area contributed by atoms with Gasteiger partial charge in [0.05, 0.1) is 6.61 Å². The zero-order valence-electron chi connectivity index (χ0n) is 15.2. The molecule has 4 rings (SSSR count). The molecule has 1 aliphatic carbocycles. The molecule has 1 saturated heterocycles. The second-order valence-corrected chi connectivity index (χ2v) is 7.50. The summed E-state index contributed by atoms with van der Waals surface area (Å²) in [5.74, 6) is 0.702. The summed E-state index contributed by atoms with van der Waals surface area (Å²) in [5.41, 5.74) is 1.46. The number of nitrogens with zero attached hydrogens (tertiary/aromatic N) is 1. The Morgan fingerprint density at radius 1 is 1.04 bits per heavy atom. The highest BCUT2D eigenvalue weighted by Crippen LogP contribution is 2.42. The van der Waals surface area contributed by atoms with E-state index in [1.807, 2.05) is 60.4 Å². The number of carbonyl (C=O) groups excluding carboxylic acids is 1. The summed E-state index contributed by atoms with van der Waals surface area (Å²) < 4.78 is 6.31. The molecule has 0 spiro atoms. The number of benzene rings is 2. The fourth-order valence-corrected chi connectivity index (χ4v) is 4.25. The summed E-state index contributed by atoms with van der Waals surface area (Å²) in [6, 6.07) is 20.3. The first-order valence-electron chi connectivity index (χ1n) is 9.34. The first-order valence-corrected chi connectivity index (χ1v) is 9.34. The number of rotatable bonds is 5. The van der Waals surface area contributed by atoms with E-state index in [1.54, 1.807) is 0 Å². The summed E-state index contributed by atoms with van der Waals surface area (Å²) in [7, 11) is 0. The van der Waals surface area contributed by atoms with Crippen LogP contribution in [0.1, 0.15) is 24.5 Å². The van der Waals surface area contributed by atoms with E-state index < -0.39 is 5.60 Å². The lowest BCUT2D eigenvalue weighted by Crippen LogP contribution is -2.60. The molecule has 3 nitrogen and oxygen atoms in total. The Balaban J connectivity index is 1.56. The van der Waals surface area contributed by atoms with Crippen LogP contribution in [0.5, 0.6) is 0 Å². The summed E-state index contributed by atoms with van der Waals surface area (Å²) in [5, 5.41) is 0. The van der Waals surface area contributed by atoms with Gasteiger partial charge in [0.1, 0.15) is 0 Å². The van der Waals surface area contributed by atoms with Crippen LogP contribution in [0.3, 0.4) is 0 Å². The molecular weight excluding hydrogens is 322 g/mol. The van der Waals surface area contributed by atoms with Gasteiger partial charge in [-0.25, -0.2) is 0 Å². The highest BCUT2D eigenvalue weighted by Gasteiger charge is 2.52. The van der Waals surface area contributed by atoms with Crippen LogP contribution < -0.4 is 0 Å². The van der Waals surface area contributed by atoms with E-state index in [-0.39, 0.29) is 11.8 Å². The van der Waals surface area contributed by atoms with Crippen molar-refractivity contribution in [2.75, 3.05) is 6.54 Å². The molecule has 3 heteroatoms. The molecular formula is C23H25NO2. The summed E-state index contributed by atoms with van der Waals surface area (Å²) in [6.07, 6.45) is 5.42. The maximum Gasteiger partial charge on any atom is 0.255 e. The van der Waals surface area contributed by atoms with Gasteiger partial charge in [-0.1, -0.05) is 72.8 Å². The van der Waals surface area contributed by atoms with Gasteiger partial charge < -0.3 is 9.64 Å². The van der Waals surface area contributed by atoms with E-state index in [0.29, 0.717) is 19.1 Å². The smallest absolute Gasteiger partial charge is 0.255 e. The number of allylic oxidation sites excluding steroid dienone is 1. The zero-order chi connectivity index (χ0) is 18.0. The zero-order valence-corrected chi connectivity index (χ0v) is 15.2. The van der Waals surface area contributed by atoms with E-state index in [0.717, 1.165) is 24.1 Å². The lowest BCUT2D eigenvalue weighted by Gasteiger charge is -2.46. The van der Waals surface area contributed by atoms with Crippen LogP contribution in [0.2, 0.25) is 0 Å². The monoisotopic (exact) mass is 347 g/mol. The van der Waals surface area contributed by atoms with Crippen molar-refractivity contribution >= 4 is 5.91 Å². The van der Waals surface area contributed by atoms with Gasteiger partial charge >= 0.3 is 0 Å². The number of hydrogen-bond acceptors (Lipinski definition) is 2. The third-order valence-electron chi connectivity index (χ3n) is 5.69. The minimum atomic E-state index is -0.805. The fourth-order valence-electron chi connectivity index (χ4n) is 4.25. The third kappa shape index (κ3) is 3.19. The lowest BCUT2D eigenvalue weighted by atomic mass is 9.76. The molecule has 0 bridgehead atoms. The van der Waals surface area contributed by atoms with Crippen LogP contribution in [0, 0.1) is 11.8 Å². The summed E-state index contributed by atoms with van der Waals surface area (Å²) >= 11 is 0. The standard InChI is InChI=1S/C23H25NO2/c1-23(26-17-19-11-6-3-7-12-19)21-14-8-13-20(21)16-24(22(23)25)15-18-9-4-2-5-10-18/h2-12,14,20-21H,13,15-17H2,1H3/t20-,21-,23+/m1/s1. The van der Waals surface area contributed by atoms with Crippen molar-refractivity contribution in [1.29, 1.82) is 0 Å². The fraction of sp³-hybridized carbons (Fsp3) is 0.348. The number of hydrogen-bond donors (Lipinski definition) is 0. The van der Waals surface area contributed by atoms with Gasteiger partial charge in [-0.05, 0) is 30.4 Å². The Morgan fingerprint density at radius 3 is 2.38 bits per heavy atom. The van der Waals surface area contributed by atoms with Crippen molar-refractivity contribution in [2.24, 2.45) is 11.8 Å². The Kier molecular flexibility index (Phi) is 4.64. The van der Waals surface area contributed by atoms with Crippen molar-refractivity contribution in [3.63, 3.8) is 0 Å². The number of likely N-dealkylation sites (tertiary alicyclic amines) is 1. The maximum absolute atomic E-state index is 13.4. The molecule has 0 saturated carbocycles. The first kappa shape index (κ1) is 17.0. The number of piperidine rings is 1. The molecule has 1 fully saturated rings. The van der Waals surface area contributed by atoms with Gasteiger partial charge in [0.2, 0.25) is 0 Å². The molecule has 1 aliphatic heterocycles. The minimum absolute atomic E-state index is 0.102. The van der Waals surface area contributed by atoms with Crippen LogP contribution in [0.4, 0.5) is 0 Å². The Morgan fingerprint density at radius 2 is 1.69 bits per heavy atom. The minimum Gasteiger partial charge on any atom is -0.360 e. The summed E-state index contributed by atoms with van der Waals surface area (Å²) in [4.78, 5) is 15.4. The van der Waals surface area contributed by atoms with E-state index in [2.05, 4.69) is 24.3 Å². The van der Waals surface area contributed by atoms with Crippen molar-refractivity contribution in [2.45, 2.75) is 32.1 Å². The predicted octanol–water partition coefficient (Wildman–Crippen LogP) is 4.20. The molecule has 26 heavy (non-hydrogen) atoms. The quantitative estimate of drug-likeness (QED) is 0.759. The van der Waals surface area contributed by atoms with Crippen LogP contribution in [0.25, 0.3) is 0 Å². The van der Waals surface area contributed by atoms with Crippen LogP contribution in [0.15, 0.2) is 72.8 Å². The molecule has 0 unspecified atom stereocenters. The van der Waals surface area contributed by atoms with Crippen molar-refractivity contribution in [3.05, 3.63) is 83.9 Å². The van der Waals surface area contributed by atoms with Crippen molar-refractivity contribution in [3.8, 4) is 0 Å². The average Bonchev–Trinajstić information content (AvgIpc) is 3.15. The molecule has 0 radical (unpaired) electrons. The Hall–Kier alpha value is -2.39. The number of carbonyl (C=O) groups is 1. The maximum atomic E-state index is 13.4. The molecule has 134 valence electrons. The number of ether oxygens (including phenoxy) is 1. The summed E-state index contributed by atoms with van der Waals surface area (Å²) in [6.45, 7) is 3.88. The highest BCUT2D eigenvalue weighted by atomic mass is 16.5.